The molecule has 2 aliphatic heterocycles. The molecule has 3 atom stereocenters. The molecule has 2 heterocycles. The molecular weight excluding hydrogens is 476 g/mol. The van der Waals surface area contributed by atoms with Crippen LogP contribution < -0.4 is 5.32 Å². The largest absolute Gasteiger partial charge is 0.343 e. The highest BCUT2D eigenvalue weighted by atomic mass is 35.5. The Kier molecular flexibility index (Phi) is 8.94. The summed E-state index contributed by atoms with van der Waals surface area (Å²) in [5.41, 5.74) is 0.953. The molecule has 1 aromatic rings. The number of benzene rings is 1. The van der Waals surface area contributed by atoms with Gasteiger partial charge in [-0.2, -0.15) is 0 Å². The number of halogens is 1. The third-order valence-corrected chi connectivity index (χ3v) is 8.39. The molecule has 0 bridgehead atoms. The van der Waals surface area contributed by atoms with Crippen molar-refractivity contribution in [2.24, 2.45) is 5.92 Å². The van der Waals surface area contributed by atoms with E-state index in [1.54, 1.807) is 0 Å². The van der Waals surface area contributed by atoms with E-state index in [-0.39, 0.29) is 41.8 Å². The number of carbonyl (C=O) groups excluding carboxylic acids is 3. The van der Waals surface area contributed by atoms with Crippen LogP contribution in [0.5, 0.6) is 0 Å². The van der Waals surface area contributed by atoms with E-state index in [1.165, 1.54) is 6.42 Å². The van der Waals surface area contributed by atoms with Gasteiger partial charge in [-0.1, -0.05) is 56.8 Å². The molecule has 1 aromatic carbocycles. The summed E-state index contributed by atoms with van der Waals surface area (Å²) in [4.78, 5) is 46.0. The minimum absolute atomic E-state index is 0.0385. The van der Waals surface area contributed by atoms with Crippen LogP contribution in [0.3, 0.4) is 0 Å². The molecule has 0 aromatic heterocycles. The second kappa shape index (κ2) is 12.0. The third kappa shape index (κ3) is 6.23. The first-order valence-electron chi connectivity index (χ1n) is 13.6. The summed E-state index contributed by atoms with van der Waals surface area (Å²) in [6.07, 6.45) is 7.66. The lowest BCUT2D eigenvalue weighted by atomic mass is 9.92. The van der Waals surface area contributed by atoms with Gasteiger partial charge in [-0.05, 0) is 50.4 Å². The Labute approximate surface area is 220 Å². The highest BCUT2D eigenvalue weighted by Crippen LogP contribution is 2.29. The van der Waals surface area contributed by atoms with Crippen molar-refractivity contribution in [3.8, 4) is 0 Å². The van der Waals surface area contributed by atoms with E-state index in [9.17, 15) is 14.4 Å². The van der Waals surface area contributed by atoms with E-state index in [0.717, 1.165) is 50.6 Å². The van der Waals surface area contributed by atoms with Crippen molar-refractivity contribution in [3.05, 3.63) is 34.9 Å². The standard InChI is InChI=1S/C28H41ClN4O3/c1-19(2)27(35)33(22-7-5-4-6-8-22)23-13-16-32(18-23)28(36)24(17-20-9-11-21(29)12-10-20)30-26(34)25-14-15-31(25)3/h9-12,19,22-25H,4-8,13-18H2,1-3H3,(H,30,34)/t23-,24+,25+/m0/s1. The fraction of sp³-hybridized carbons (Fsp3) is 0.679. The van der Waals surface area contributed by atoms with Gasteiger partial charge < -0.3 is 15.1 Å². The Bertz CT molecular complexity index is 931. The van der Waals surface area contributed by atoms with Crippen molar-refractivity contribution in [2.75, 3.05) is 26.7 Å². The number of likely N-dealkylation sites (N-methyl/N-ethyl adjacent to an activating group) is 1. The molecule has 8 heteroatoms. The molecule has 1 saturated carbocycles. The Hall–Kier alpha value is -2.12. The zero-order chi connectivity index (χ0) is 25.8. The number of hydrogen-bond acceptors (Lipinski definition) is 4. The molecule has 3 amide bonds. The Morgan fingerprint density at radius 3 is 2.28 bits per heavy atom. The normalized spacial score (nSPS) is 23.9. The molecule has 0 unspecified atom stereocenters. The number of nitrogens with one attached hydrogen (secondary N) is 1. The predicted octanol–water partition coefficient (Wildman–Crippen LogP) is 3.49. The number of rotatable bonds is 8. The summed E-state index contributed by atoms with van der Waals surface area (Å²) in [6, 6.07) is 6.92. The number of hydrogen-bond donors (Lipinski definition) is 1. The zero-order valence-corrected chi connectivity index (χ0v) is 22.7. The lowest BCUT2D eigenvalue weighted by Gasteiger charge is -2.40. The summed E-state index contributed by atoms with van der Waals surface area (Å²) in [5, 5.41) is 3.69. The van der Waals surface area contributed by atoms with Gasteiger partial charge in [0.1, 0.15) is 6.04 Å². The molecule has 0 spiro atoms. The predicted molar refractivity (Wildman–Crippen MR) is 142 cm³/mol. The summed E-state index contributed by atoms with van der Waals surface area (Å²) < 4.78 is 0. The van der Waals surface area contributed by atoms with Crippen LogP contribution in [0.4, 0.5) is 0 Å². The van der Waals surface area contributed by atoms with Crippen molar-refractivity contribution in [1.29, 1.82) is 0 Å². The van der Waals surface area contributed by atoms with Crippen molar-refractivity contribution >= 4 is 29.3 Å². The zero-order valence-electron chi connectivity index (χ0n) is 21.9. The molecule has 2 saturated heterocycles. The van der Waals surface area contributed by atoms with E-state index in [1.807, 2.05) is 55.0 Å². The molecule has 3 aliphatic rings. The molecule has 3 fully saturated rings. The van der Waals surface area contributed by atoms with Crippen molar-refractivity contribution in [2.45, 2.75) is 89.4 Å². The van der Waals surface area contributed by atoms with E-state index >= 15 is 0 Å². The number of amides is 3. The van der Waals surface area contributed by atoms with Crippen LogP contribution >= 0.6 is 11.6 Å². The fourth-order valence-electron chi connectivity index (χ4n) is 5.88. The first-order chi connectivity index (χ1) is 17.2. The van der Waals surface area contributed by atoms with Gasteiger partial charge in [0.25, 0.3) is 0 Å². The maximum atomic E-state index is 13.8. The highest BCUT2D eigenvalue weighted by molar-refractivity contribution is 6.30. The van der Waals surface area contributed by atoms with Crippen molar-refractivity contribution < 1.29 is 14.4 Å². The summed E-state index contributed by atoms with van der Waals surface area (Å²) in [5.74, 6) is -0.0256. The van der Waals surface area contributed by atoms with Gasteiger partial charge in [-0.25, -0.2) is 0 Å². The maximum Gasteiger partial charge on any atom is 0.245 e. The lowest BCUT2D eigenvalue weighted by molar-refractivity contribution is -0.141. The van der Waals surface area contributed by atoms with Gasteiger partial charge >= 0.3 is 0 Å². The summed E-state index contributed by atoms with van der Waals surface area (Å²) >= 11 is 6.06. The van der Waals surface area contributed by atoms with Crippen LogP contribution in [-0.4, -0.2) is 83.3 Å². The van der Waals surface area contributed by atoms with Crippen molar-refractivity contribution in [1.82, 2.24) is 20.0 Å². The molecule has 0 radical (unpaired) electrons. The summed E-state index contributed by atoms with van der Waals surface area (Å²) in [6.45, 7) is 5.96. The first kappa shape index (κ1) is 26.9. The van der Waals surface area contributed by atoms with Gasteiger partial charge in [-0.3, -0.25) is 19.3 Å². The smallest absolute Gasteiger partial charge is 0.245 e. The second-order valence-electron chi connectivity index (χ2n) is 11.1. The van der Waals surface area contributed by atoms with Crippen molar-refractivity contribution in [3.63, 3.8) is 0 Å². The van der Waals surface area contributed by atoms with Crippen LogP contribution in [0.2, 0.25) is 5.02 Å². The molecule has 36 heavy (non-hydrogen) atoms. The Balaban J connectivity index is 1.48. The quantitative estimate of drug-likeness (QED) is 0.574. The minimum atomic E-state index is -0.643. The van der Waals surface area contributed by atoms with Crippen LogP contribution in [0.15, 0.2) is 24.3 Å². The van der Waals surface area contributed by atoms with Gasteiger partial charge in [0.2, 0.25) is 17.7 Å². The van der Waals surface area contributed by atoms with E-state index in [4.69, 9.17) is 11.6 Å². The fourth-order valence-corrected chi connectivity index (χ4v) is 6.00. The van der Waals surface area contributed by atoms with Gasteiger partial charge in [0.05, 0.1) is 12.1 Å². The molecule has 198 valence electrons. The average Bonchev–Trinajstić information content (AvgIpc) is 3.34. The van der Waals surface area contributed by atoms with Crippen LogP contribution in [0.25, 0.3) is 0 Å². The van der Waals surface area contributed by atoms with E-state index in [2.05, 4.69) is 10.2 Å². The topological polar surface area (TPSA) is 73.0 Å². The van der Waals surface area contributed by atoms with E-state index in [0.29, 0.717) is 24.5 Å². The summed E-state index contributed by atoms with van der Waals surface area (Å²) in [7, 11) is 1.93. The third-order valence-electron chi connectivity index (χ3n) is 8.14. The first-order valence-corrected chi connectivity index (χ1v) is 14.0. The number of nitrogens with zero attached hydrogens (tertiary/aromatic N) is 3. The van der Waals surface area contributed by atoms with E-state index < -0.39 is 6.04 Å². The SMILES string of the molecule is CC(C)C(=O)N(C1CCCCC1)[C@H]1CCN(C(=O)[C@@H](Cc2ccc(Cl)cc2)NC(=O)[C@H]2CCN2C)C1. The van der Waals surface area contributed by atoms with Crippen LogP contribution in [0.1, 0.15) is 64.4 Å². The minimum Gasteiger partial charge on any atom is -0.343 e. The molecule has 7 nitrogen and oxygen atoms in total. The van der Waals surface area contributed by atoms with Gasteiger partial charge in [-0.15, -0.1) is 0 Å². The number of likely N-dealkylation sites (tertiary alicyclic amines) is 2. The van der Waals surface area contributed by atoms with Crippen LogP contribution in [0, 0.1) is 5.92 Å². The second-order valence-corrected chi connectivity index (χ2v) is 11.5. The molecule has 1 N–H and O–H groups in total. The monoisotopic (exact) mass is 516 g/mol. The lowest BCUT2D eigenvalue weighted by Crippen LogP contribution is -2.59. The highest BCUT2D eigenvalue weighted by Gasteiger charge is 2.40. The Morgan fingerprint density at radius 1 is 1.00 bits per heavy atom. The Morgan fingerprint density at radius 2 is 1.69 bits per heavy atom. The van der Waals surface area contributed by atoms with Crippen LogP contribution in [-0.2, 0) is 20.8 Å². The average molecular weight is 517 g/mol. The molecular formula is C28H41ClN4O3. The molecule has 4 rings (SSSR count). The van der Waals surface area contributed by atoms with Gasteiger partial charge in [0.15, 0.2) is 0 Å². The molecule has 1 aliphatic carbocycles. The van der Waals surface area contributed by atoms with Gasteiger partial charge in [0, 0.05) is 43.0 Å². The maximum absolute atomic E-state index is 13.8. The number of carbonyl (C=O) groups is 3.